The van der Waals surface area contributed by atoms with Crippen molar-refractivity contribution in [3.8, 4) is 11.8 Å². The van der Waals surface area contributed by atoms with Crippen LogP contribution in [0.3, 0.4) is 0 Å². The van der Waals surface area contributed by atoms with E-state index in [1.165, 1.54) is 10.9 Å². The molecule has 2 aliphatic heterocycles. The molecule has 12 heteroatoms. The zero-order valence-corrected chi connectivity index (χ0v) is 19.1. The minimum absolute atomic E-state index is 0.0968. The number of aromatic nitrogens is 4. The number of ether oxygens (including phenoxy) is 1. The largest absolute Gasteiger partial charge is 0.387 e. The number of aliphatic hydroxyl groups excluding tert-OH is 2. The van der Waals surface area contributed by atoms with Gasteiger partial charge in [0.05, 0.1) is 6.33 Å². The van der Waals surface area contributed by atoms with Gasteiger partial charge in [-0.05, 0) is 31.6 Å². The summed E-state index contributed by atoms with van der Waals surface area (Å²) in [7, 11) is 0. The molecule has 34 heavy (non-hydrogen) atoms. The summed E-state index contributed by atoms with van der Waals surface area (Å²) in [6.07, 6.45) is -1.30. The van der Waals surface area contributed by atoms with Crippen molar-refractivity contribution in [1.29, 1.82) is 0 Å². The molecular weight excluding hydrogens is 442 g/mol. The minimum atomic E-state index is -1.41. The van der Waals surface area contributed by atoms with Crippen molar-refractivity contribution in [3.05, 3.63) is 12.2 Å². The van der Waals surface area contributed by atoms with E-state index in [9.17, 15) is 19.8 Å². The number of imidazole rings is 1. The van der Waals surface area contributed by atoms with Crippen molar-refractivity contribution >= 4 is 28.8 Å². The maximum Gasteiger partial charge on any atom is 0.252 e. The van der Waals surface area contributed by atoms with Gasteiger partial charge in [0, 0.05) is 33.0 Å². The zero-order chi connectivity index (χ0) is 24.4. The Morgan fingerprint density at radius 3 is 2.68 bits per heavy atom. The molecule has 182 valence electrons. The monoisotopic (exact) mass is 471 g/mol. The number of aliphatic hydroxyl groups is 2. The summed E-state index contributed by atoms with van der Waals surface area (Å²) in [6, 6.07) is 0. The van der Waals surface area contributed by atoms with E-state index < -0.39 is 30.4 Å². The molecule has 2 fully saturated rings. The van der Waals surface area contributed by atoms with Crippen LogP contribution in [0.5, 0.6) is 0 Å². The number of hydrogen-bond acceptors (Lipinski definition) is 9. The molecule has 2 saturated heterocycles. The molecule has 4 heterocycles. The van der Waals surface area contributed by atoms with Gasteiger partial charge in [-0.15, -0.1) is 0 Å². The van der Waals surface area contributed by atoms with E-state index in [0.29, 0.717) is 24.4 Å². The number of nitrogens with two attached hydrogens (primary N) is 1. The molecule has 2 amide bonds. The molecular formula is C22H29N7O5. The first-order valence-electron chi connectivity index (χ1n) is 11.3. The Bertz CT molecular complexity index is 1130. The molecule has 0 aromatic carbocycles. The van der Waals surface area contributed by atoms with Crippen LogP contribution in [0.1, 0.15) is 45.2 Å². The number of carbonyl (C=O) groups is 2. The van der Waals surface area contributed by atoms with Crippen molar-refractivity contribution in [2.45, 2.75) is 57.6 Å². The SMILES string of the molecule is CCNC(=O)[C@H]1O[C@@H](n2cnc3c(N)nc(C#CCC4CCN(C(C)=O)CC4)nc32)[C@@H](O)C1O. The predicted octanol–water partition coefficient (Wildman–Crippen LogP) is -0.836. The van der Waals surface area contributed by atoms with E-state index in [-0.39, 0.29) is 23.2 Å². The zero-order valence-electron chi connectivity index (χ0n) is 19.1. The topological polar surface area (TPSA) is 169 Å². The van der Waals surface area contributed by atoms with E-state index in [4.69, 9.17) is 10.5 Å². The van der Waals surface area contributed by atoms with E-state index >= 15 is 0 Å². The van der Waals surface area contributed by atoms with Gasteiger partial charge in [-0.25, -0.2) is 15.0 Å². The first-order chi connectivity index (χ1) is 16.3. The van der Waals surface area contributed by atoms with Crippen molar-refractivity contribution < 1.29 is 24.5 Å². The molecule has 0 radical (unpaired) electrons. The number of likely N-dealkylation sites (tertiary alicyclic amines) is 1. The van der Waals surface area contributed by atoms with Crippen LogP contribution in [0.4, 0.5) is 5.82 Å². The number of rotatable bonds is 4. The predicted molar refractivity (Wildman–Crippen MR) is 121 cm³/mol. The number of hydrogen-bond donors (Lipinski definition) is 4. The van der Waals surface area contributed by atoms with Gasteiger partial charge in [0.2, 0.25) is 11.7 Å². The number of amides is 2. The normalized spacial score (nSPS) is 25.2. The van der Waals surface area contributed by atoms with Crippen molar-refractivity contribution in [1.82, 2.24) is 29.7 Å². The van der Waals surface area contributed by atoms with Crippen molar-refractivity contribution in [2.24, 2.45) is 5.92 Å². The van der Waals surface area contributed by atoms with Gasteiger partial charge in [0.1, 0.15) is 17.7 Å². The Morgan fingerprint density at radius 2 is 2.00 bits per heavy atom. The van der Waals surface area contributed by atoms with Gasteiger partial charge in [0.15, 0.2) is 23.8 Å². The highest BCUT2D eigenvalue weighted by molar-refractivity contribution is 5.83. The molecule has 0 aliphatic carbocycles. The van der Waals surface area contributed by atoms with Crippen LogP contribution < -0.4 is 11.1 Å². The van der Waals surface area contributed by atoms with Crippen LogP contribution >= 0.6 is 0 Å². The Hall–Kier alpha value is -3.27. The van der Waals surface area contributed by atoms with Crippen molar-refractivity contribution in [2.75, 3.05) is 25.4 Å². The number of likely N-dealkylation sites (N-methyl/N-ethyl adjacent to an activating group) is 1. The quantitative estimate of drug-likeness (QED) is 0.416. The summed E-state index contributed by atoms with van der Waals surface area (Å²) < 4.78 is 7.08. The second kappa shape index (κ2) is 9.92. The Kier molecular flexibility index (Phi) is 6.97. The Morgan fingerprint density at radius 1 is 1.26 bits per heavy atom. The first-order valence-corrected chi connectivity index (χ1v) is 11.3. The fraction of sp³-hybridized carbons (Fsp3) is 0.591. The van der Waals surface area contributed by atoms with Gasteiger partial charge in [-0.3, -0.25) is 14.2 Å². The van der Waals surface area contributed by atoms with E-state index in [1.807, 2.05) is 4.90 Å². The second-order valence-corrected chi connectivity index (χ2v) is 8.53. The highest BCUT2D eigenvalue weighted by atomic mass is 16.6. The molecule has 2 aromatic rings. The summed E-state index contributed by atoms with van der Waals surface area (Å²) >= 11 is 0. The lowest BCUT2D eigenvalue weighted by Gasteiger charge is -2.30. The third-order valence-corrected chi connectivity index (χ3v) is 6.22. The summed E-state index contributed by atoms with van der Waals surface area (Å²) in [5.41, 5.74) is 6.63. The number of nitrogens with zero attached hydrogens (tertiary/aromatic N) is 5. The highest BCUT2D eigenvalue weighted by Crippen LogP contribution is 2.32. The summed E-state index contributed by atoms with van der Waals surface area (Å²) in [5, 5.41) is 23.4. The van der Waals surface area contributed by atoms with Crippen molar-refractivity contribution in [3.63, 3.8) is 0 Å². The lowest BCUT2D eigenvalue weighted by molar-refractivity contribution is -0.137. The second-order valence-electron chi connectivity index (χ2n) is 8.53. The average Bonchev–Trinajstić information content (AvgIpc) is 3.36. The number of piperidine rings is 1. The van der Waals surface area contributed by atoms with Gasteiger partial charge in [-0.1, -0.05) is 5.92 Å². The summed E-state index contributed by atoms with van der Waals surface area (Å²) in [5.74, 6) is 6.33. The van der Waals surface area contributed by atoms with Crippen LogP contribution in [0.25, 0.3) is 11.2 Å². The molecule has 4 atom stereocenters. The van der Waals surface area contributed by atoms with Crippen LogP contribution in [0.15, 0.2) is 6.33 Å². The van der Waals surface area contributed by atoms with E-state index in [0.717, 1.165) is 25.9 Å². The molecule has 2 aromatic heterocycles. The number of carbonyl (C=O) groups excluding carboxylic acids is 2. The molecule has 0 saturated carbocycles. The van der Waals surface area contributed by atoms with Crippen LogP contribution in [0, 0.1) is 17.8 Å². The number of nitrogen functional groups attached to an aromatic ring is 1. The average molecular weight is 472 g/mol. The third-order valence-electron chi connectivity index (χ3n) is 6.22. The van der Waals surface area contributed by atoms with E-state index in [2.05, 4.69) is 32.1 Å². The number of anilines is 1. The number of fused-ring (bicyclic) bond motifs is 1. The maximum absolute atomic E-state index is 12.2. The summed E-state index contributed by atoms with van der Waals surface area (Å²) in [6.45, 7) is 5.17. The van der Waals surface area contributed by atoms with Crippen LogP contribution in [-0.4, -0.2) is 84.4 Å². The maximum atomic E-state index is 12.2. The summed E-state index contributed by atoms with van der Waals surface area (Å²) in [4.78, 5) is 38.3. The third kappa shape index (κ3) is 4.68. The standard InChI is InChI=1S/C22H29N7O5/c1-3-24-21(33)18-16(31)17(32)22(34-18)29-11-25-15-19(23)26-14(27-20(15)29)6-4-5-13-7-9-28(10-8-13)12(2)30/h11,13,16-18,22,31-32H,3,5,7-10H2,1-2H3,(H,24,33)(H2,23,26,27)/t16?,17-,18-,22+/m0/s1. The van der Waals surface area contributed by atoms with Gasteiger partial charge in [0.25, 0.3) is 5.91 Å². The molecule has 0 spiro atoms. The molecule has 2 aliphatic rings. The first kappa shape index (κ1) is 23.9. The fourth-order valence-corrected chi connectivity index (χ4v) is 4.29. The molecule has 4 rings (SSSR count). The van der Waals surface area contributed by atoms with Gasteiger partial charge < -0.3 is 30.9 Å². The molecule has 12 nitrogen and oxygen atoms in total. The molecule has 0 bridgehead atoms. The lowest BCUT2D eigenvalue weighted by Crippen LogP contribution is -2.42. The highest BCUT2D eigenvalue weighted by Gasteiger charge is 2.47. The minimum Gasteiger partial charge on any atom is -0.387 e. The van der Waals surface area contributed by atoms with Gasteiger partial charge in [-0.2, -0.15) is 0 Å². The molecule has 5 N–H and O–H groups in total. The van der Waals surface area contributed by atoms with Crippen LogP contribution in [-0.2, 0) is 14.3 Å². The van der Waals surface area contributed by atoms with Gasteiger partial charge >= 0.3 is 0 Å². The van der Waals surface area contributed by atoms with Crippen LogP contribution in [0.2, 0.25) is 0 Å². The Labute approximate surface area is 196 Å². The fourth-order valence-electron chi connectivity index (χ4n) is 4.29. The Balaban J connectivity index is 1.52. The van der Waals surface area contributed by atoms with E-state index in [1.54, 1.807) is 13.8 Å². The number of nitrogens with one attached hydrogen (secondary N) is 1. The molecule has 1 unspecified atom stereocenters. The lowest BCUT2D eigenvalue weighted by atomic mass is 9.94. The smallest absolute Gasteiger partial charge is 0.252 e.